The van der Waals surface area contributed by atoms with E-state index in [0.29, 0.717) is 57.2 Å². The quantitative estimate of drug-likeness (QED) is 0.0595. The summed E-state index contributed by atoms with van der Waals surface area (Å²) < 4.78 is 0. The predicted octanol–water partition coefficient (Wildman–Crippen LogP) is 15.2. The Hall–Kier alpha value is -5.26. The van der Waals surface area contributed by atoms with Crippen molar-refractivity contribution in [2.45, 2.75) is 124 Å². The van der Waals surface area contributed by atoms with Crippen molar-refractivity contribution in [1.82, 2.24) is 19.6 Å². The van der Waals surface area contributed by atoms with Crippen molar-refractivity contribution in [3.63, 3.8) is 0 Å². The lowest BCUT2D eigenvalue weighted by atomic mass is 9.70. The van der Waals surface area contributed by atoms with Gasteiger partial charge in [0.15, 0.2) is 0 Å². The molecule has 9 rings (SSSR count). The maximum Gasteiger partial charge on any atom is 0.262 e. The number of benzene rings is 4. The topological polar surface area (TPSA) is 81.2 Å². The van der Waals surface area contributed by atoms with E-state index in [1.54, 1.807) is 22.7 Å². The Morgan fingerprint density at radius 3 is 1.47 bits per heavy atom. The molecule has 0 N–H and O–H groups in total. The molecule has 4 aromatic carbocycles. The standard InChI is InChI=1S/C63H76N4O4S2/c1-11-15-19-41(13-3)37-66-60(69)49-36-47(58-56-48(59(68)67(62(58)71)38-42(14-4)20-16-12-2)35-46(53-26-22-40(6)72-53)57(55(49)56)61(66)70)54-28-27-52(73-54)43-23-25-45-44-24-21-39(5)33-50(44)63(51(45)34-43,29-17-31-64(7)8)30-18-32-65(9)10/h21-28,33-36,41-42H,11-20,29-32,37-38H2,1-10H3. The highest BCUT2D eigenvalue weighted by atomic mass is 32.1. The summed E-state index contributed by atoms with van der Waals surface area (Å²) >= 11 is 3.20. The Bertz CT molecular complexity index is 3070. The van der Waals surface area contributed by atoms with Crippen LogP contribution in [-0.2, 0) is 5.41 Å². The van der Waals surface area contributed by atoms with E-state index in [9.17, 15) is 0 Å². The van der Waals surface area contributed by atoms with Crippen LogP contribution in [0.3, 0.4) is 0 Å². The fraction of sp³-hybridized carbons (Fsp3) is 0.460. The molecular formula is C63H76N4O4S2. The average molecular weight is 1020 g/mol. The van der Waals surface area contributed by atoms with Crippen LogP contribution in [0.4, 0.5) is 0 Å². The molecule has 6 aromatic rings. The highest BCUT2D eigenvalue weighted by Gasteiger charge is 2.45. The zero-order chi connectivity index (χ0) is 51.9. The normalized spacial score (nSPS) is 15.6. The molecule has 8 nitrogen and oxygen atoms in total. The Labute approximate surface area is 442 Å². The van der Waals surface area contributed by atoms with Crippen LogP contribution < -0.4 is 0 Å². The molecule has 2 atom stereocenters. The summed E-state index contributed by atoms with van der Waals surface area (Å²) in [5, 5.41) is 0.877. The molecule has 2 unspecified atom stereocenters. The maximum atomic E-state index is 15.5. The second-order valence-electron chi connectivity index (χ2n) is 22.0. The number of thiophene rings is 2. The molecule has 4 amide bonds. The molecule has 0 radical (unpaired) electrons. The first-order chi connectivity index (χ1) is 35.1. The van der Waals surface area contributed by atoms with Gasteiger partial charge in [-0.2, -0.15) is 0 Å². The lowest BCUT2D eigenvalue weighted by Gasteiger charge is -2.36. The Balaban J connectivity index is 1.24. The third kappa shape index (κ3) is 9.82. The lowest BCUT2D eigenvalue weighted by Crippen LogP contribution is -2.46. The summed E-state index contributed by atoms with van der Waals surface area (Å²) in [6.45, 7) is 15.5. The molecule has 2 aromatic heterocycles. The number of amides is 4. The van der Waals surface area contributed by atoms with Gasteiger partial charge in [0.05, 0.1) is 11.1 Å². The number of rotatable bonds is 23. The molecule has 0 bridgehead atoms. The largest absolute Gasteiger partial charge is 0.309 e. The minimum atomic E-state index is -0.358. The molecule has 0 saturated heterocycles. The van der Waals surface area contributed by atoms with Gasteiger partial charge in [-0.1, -0.05) is 102 Å². The summed E-state index contributed by atoms with van der Waals surface area (Å²) in [6.07, 6.45) is 11.8. The van der Waals surface area contributed by atoms with Gasteiger partial charge in [-0.05, 0) is 176 Å². The van der Waals surface area contributed by atoms with Gasteiger partial charge in [0.25, 0.3) is 23.6 Å². The molecule has 73 heavy (non-hydrogen) atoms. The molecule has 3 aliphatic rings. The SMILES string of the molecule is CCCCC(CC)CN1C(=O)c2cc(-c3ccc(-c4ccc5c(c4)C(CCCN(C)C)(CCCN(C)C)c4cc(C)ccc4-5)s3)c3c4c(cc(-c5ccc(C)s5)c(c24)C1=O)C(=O)N(CC(CC)CCCC)C3=O. The van der Waals surface area contributed by atoms with Crippen molar-refractivity contribution in [3.05, 3.63) is 117 Å². The summed E-state index contributed by atoms with van der Waals surface area (Å²) in [7, 11) is 8.64. The first-order valence-corrected chi connectivity index (χ1v) is 28.9. The van der Waals surface area contributed by atoms with Crippen molar-refractivity contribution in [1.29, 1.82) is 0 Å². The van der Waals surface area contributed by atoms with Crippen molar-refractivity contribution < 1.29 is 19.2 Å². The number of unbranched alkanes of at least 4 members (excludes halogenated alkanes) is 2. The van der Waals surface area contributed by atoms with Crippen LogP contribution >= 0.6 is 22.7 Å². The second kappa shape index (κ2) is 21.9. The highest BCUT2D eigenvalue weighted by molar-refractivity contribution is 7.19. The number of aryl methyl sites for hydroxylation is 2. The van der Waals surface area contributed by atoms with E-state index in [1.807, 2.05) is 31.2 Å². The molecule has 0 spiro atoms. The Kier molecular flexibility index (Phi) is 15.8. The predicted molar refractivity (Wildman–Crippen MR) is 305 cm³/mol. The van der Waals surface area contributed by atoms with Crippen LogP contribution in [-0.4, -0.2) is 97.6 Å². The van der Waals surface area contributed by atoms with E-state index in [2.05, 4.69) is 121 Å². The van der Waals surface area contributed by atoms with E-state index in [4.69, 9.17) is 0 Å². The number of hydrogen-bond acceptors (Lipinski definition) is 8. The van der Waals surface area contributed by atoms with Crippen LogP contribution in [0.5, 0.6) is 0 Å². The molecule has 0 fully saturated rings. The van der Waals surface area contributed by atoms with Crippen LogP contribution in [0.15, 0.2) is 72.8 Å². The smallest absolute Gasteiger partial charge is 0.262 e. The maximum absolute atomic E-state index is 15.5. The number of carbonyl (C=O) groups excluding carboxylic acids is 4. The molecular weight excluding hydrogens is 941 g/mol. The zero-order valence-corrected chi connectivity index (χ0v) is 46.8. The van der Waals surface area contributed by atoms with Crippen molar-refractivity contribution in [2.75, 3.05) is 54.4 Å². The molecule has 1 aliphatic carbocycles. The third-order valence-electron chi connectivity index (χ3n) is 16.3. The Morgan fingerprint density at radius 1 is 0.507 bits per heavy atom. The Morgan fingerprint density at radius 2 is 0.986 bits per heavy atom. The molecule has 4 heterocycles. The van der Waals surface area contributed by atoms with E-state index in [0.717, 1.165) is 115 Å². The van der Waals surface area contributed by atoms with Crippen molar-refractivity contribution >= 4 is 57.1 Å². The minimum absolute atomic E-state index is 0.141. The summed E-state index contributed by atoms with van der Waals surface area (Å²) in [4.78, 5) is 72.6. The van der Waals surface area contributed by atoms with Gasteiger partial charge in [0, 0.05) is 71.0 Å². The number of nitrogens with zero attached hydrogens (tertiary/aromatic N) is 4. The fourth-order valence-electron chi connectivity index (χ4n) is 12.3. The van der Waals surface area contributed by atoms with E-state index in [-0.39, 0.29) is 40.9 Å². The van der Waals surface area contributed by atoms with Gasteiger partial charge in [-0.15, -0.1) is 22.7 Å². The van der Waals surface area contributed by atoms with E-state index in [1.165, 1.54) is 37.6 Å². The average Bonchev–Trinajstić information content (AvgIpc) is 4.11. The number of imide groups is 2. The molecule has 10 heteroatoms. The molecule has 0 saturated carbocycles. The van der Waals surface area contributed by atoms with Crippen LogP contribution in [0, 0.1) is 25.7 Å². The zero-order valence-electron chi connectivity index (χ0n) is 45.1. The van der Waals surface area contributed by atoms with Gasteiger partial charge < -0.3 is 9.80 Å². The third-order valence-corrected chi connectivity index (χ3v) is 18.5. The highest BCUT2D eigenvalue weighted by Crippen LogP contribution is 2.56. The van der Waals surface area contributed by atoms with Gasteiger partial charge in [0.1, 0.15) is 0 Å². The summed E-state index contributed by atoms with van der Waals surface area (Å²) in [5.74, 6) is -1.13. The first kappa shape index (κ1) is 52.6. The lowest BCUT2D eigenvalue weighted by molar-refractivity contribution is 0.0559. The summed E-state index contributed by atoms with van der Waals surface area (Å²) in [6, 6.07) is 26.1. The fourth-order valence-corrected chi connectivity index (χ4v) is 14.2. The van der Waals surface area contributed by atoms with Gasteiger partial charge >= 0.3 is 0 Å². The van der Waals surface area contributed by atoms with E-state index >= 15 is 19.2 Å². The number of hydrogen-bond donors (Lipinski definition) is 0. The van der Waals surface area contributed by atoms with Gasteiger partial charge in [0.2, 0.25) is 0 Å². The minimum Gasteiger partial charge on any atom is -0.309 e. The first-order valence-electron chi connectivity index (χ1n) is 27.3. The monoisotopic (exact) mass is 1020 g/mol. The number of carbonyl (C=O) groups is 4. The van der Waals surface area contributed by atoms with Gasteiger partial charge in [-0.3, -0.25) is 29.0 Å². The van der Waals surface area contributed by atoms with Crippen LogP contribution in [0.2, 0.25) is 0 Å². The summed E-state index contributed by atoms with van der Waals surface area (Å²) in [5.41, 5.74) is 10.6. The van der Waals surface area contributed by atoms with Gasteiger partial charge in [-0.25, -0.2) is 0 Å². The van der Waals surface area contributed by atoms with Crippen LogP contribution in [0.1, 0.15) is 168 Å². The second-order valence-corrected chi connectivity index (χ2v) is 24.4. The molecule has 384 valence electrons. The van der Waals surface area contributed by atoms with Crippen molar-refractivity contribution in [2.24, 2.45) is 11.8 Å². The number of fused-ring (bicyclic) bond motifs is 3. The van der Waals surface area contributed by atoms with Crippen LogP contribution in [0.25, 0.3) is 53.2 Å². The van der Waals surface area contributed by atoms with E-state index < -0.39 is 0 Å². The molecule has 2 aliphatic heterocycles. The van der Waals surface area contributed by atoms with Crippen molar-refractivity contribution in [3.8, 4) is 42.4 Å².